The number of anilines is 2. The predicted octanol–water partition coefficient (Wildman–Crippen LogP) is 4.84. The molecule has 1 saturated carbocycles. The molecule has 1 aliphatic rings. The zero-order valence-electron chi connectivity index (χ0n) is 19.9. The van der Waals surface area contributed by atoms with Crippen LogP contribution in [0.2, 0.25) is 5.02 Å². The Hall–Kier alpha value is -3.46. The fourth-order valence-corrected chi connectivity index (χ4v) is 4.33. The number of nitrogens with zero attached hydrogens (tertiary/aromatic N) is 4. The molecule has 0 saturated heterocycles. The Morgan fingerprint density at radius 1 is 1.26 bits per heavy atom. The van der Waals surface area contributed by atoms with Crippen molar-refractivity contribution in [2.75, 3.05) is 30.9 Å². The average Bonchev–Trinajstić information content (AvgIpc) is 3.28. The van der Waals surface area contributed by atoms with Gasteiger partial charge in [-0.05, 0) is 56.4 Å². The van der Waals surface area contributed by atoms with Gasteiger partial charge in [0.1, 0.15) is 22.9 Å². The van der Waals surface area contributed by atoms with E-state index in [-0.39, 0.29) is 22.9 Å². The van der Waals surface area contributed by atoms with E-state index < -0.39 is 5.82 Å². The summed E-state index contributed by atoms with van der Waals surface area (Å²) in [7, 11) is 3.92. The molecule has 0 spiro atoms. The molecule has 2 aromatic heterocycles. The van der Waals surface area contributed by atoms with Crippen molar-refractivity contribution in [3.63, 3.8) is 0 Å². The second-order valence-electron chi connectivity index (χ2n) is 8.86. The zero-order chi connectivity index (χ0) is 24.9. The first-order valence-corrected chi connectivity index (χ1v) is 11.8. The SMILES string of the molecule is Cc1cnc(N[C@H]2CC[C@@H](CNC(=O)c3cccnc3Oc3ccc(F)c(Cl)c3)C2)nc1N(C)C. The van der Waals surface area contributed by atoms with Gasteiger partial charge < -0.3 is 20.3 Å². The Kier molecular flexibility index (Phi) is 7.65. The van der Waals surface area contributed by atoms with Gasteiger partial charge in [-0.2, -0.15) is 4.98 Å². The first kappa shape index (κ1) is 24.7. The van der Waals surface area contributed by atoms with Crippen LogP contribution in [0.25, 0.3) is 0 Å². The quantitative estimate of drug-likeness (QED) is 0.459. The van der Waals surface area contributed by atoms with E-state index >= 15 is 0 Å². The third-order valence-corrected chi connectivity index (χ3v) is 6.21. The number of carbonyl (C=O) groups excluding carboxylic acids is 1. The number of hydrogen-bond donors (Lipinski definition) is 2. The molecule has 0 unspecified atom stereocenters. The minimum absolute atomic E-state index is 0.0668. The van der Waals surface area contributed by atoms with E-state index in [9.17, 15) is 9.18 Å². The first-order valence-electron chi connectivity index (χ1n) is 11.4. The molecule has 10 heteroatoms. The van der Waals surface area contributed by atoms with E-state index in [4.69, 9.17) is 16.3 Å². The summed E-state index contributed by atoms with van der Waals surface area (Å²) in [5.74, 6) is 1.43. The first-order chi connectivity index (χ1) is 16.8. The number of rotatable bonds is 8. The van der Waals surface area contributed by atoms with Crippen molar-refractivity contribution in [1.82, 2.24) is 20.3 Å². The van der Waals surface area contributed by atoms with Gasteiger partial charge in [0, 0.05) is 50.7 Å². The standard InChI is InChI=1S/C25H28ClFN6O2/c1-15-13-30-25(32-22(15)33(2)3)31-17-7-6-16(11-17)14-29-23(34)19-5-4-10-28-24(19)35-18-8-9-21(27)20(26)12-18/h4-5,8-10,12-13,16-17H,6-7,11,14H2,1-3H3,(H,29,34)(H,30,31,32)/t16-,17+/m1/s1. The Morgan fingerprint density at radius 3 is 2.86 bits per heavy atom. The van der Waals surface area contributed by atoms with Gasteiger partial charge in [-0.3, -0.25) is 4.79 Å². The van der Waals surface area contributed by atoms with Crippen LogP contribution in [0.5, 0.6) is 11.6 Å². The highest BCUT2D eigenvalue weighted by atomic mass is 35.5. The number of nitrogens with one attached hydrogen (secondary N) is 2. The smallest absolute Gasteiger partial charge is 0.256 e. The Bertz CT molecular complexity index is 1210. The second kappa shape index (κ2) is 10.9. The van der Waals surface area contributed by atoms with Crippen LogP contribution in [0.1, 0.15) is 35.2 Å². The maximum atomic E-state index is 13.4. The zero-order valence-corrected chi connectivity index (χ0v) is 20.6. The molecule has 1 aliphatic carbocycles. The van der Waals surface area contributed by atoms with Crippen LogP contribution in [0.15, 0.2) is 42.7 Å². The Labute approximate surface area is 208 Å². The van der Waals surface area contributed by atoms with E-state index in [1.807, 2.05) is 32.1 Å². The number of halogens is 2. The molecule has 0 aliphatic heterocycles. The second-order valence-corrected chi connectivity index (χ2v) is 9.27. The maximum absolute atomic E-state index is 13.4. The molecule has 1 amide bonds. The number of pyridine rings is 1. The number of amides is 1. The van der Waals surface area contributed by atoms with Crippen LogP contribution in [0, 0.1) is 18.7 Å². The van der Waals surface area contributed by atoms with Crippen LogP contribution < -0.4 is 20.3 Å². The lowest BCUT2D eigenvalue weighted by atomic mass is 10.1. The van der Waals surface area contributed by atoms with Gasteiger partial charge in [0.15, 0.2) is 0 Å². The van der Waals surface area contributed by atoms with Gasteiger partial charge >= 0.3 is 0 Å². The lowest BCUT2D eigenvalue weighted by Crippen LogP contribution is -2.29. The number of hydrogen-bond acceptors (Lipinski definition) is 7. The topological polar surface area (TPSA) is 92.3 Å². The molecule has 1 fully saturated rings. The number of aromatic nitrogens is 3. The highest BCUT2D eigenvalue weighted by Gasteiger charge is 2.26. The molecule has 3 aromatic rings. The van der Waals surface area contributed by atoms with Crippen LogP contribution in [0.4, 0.5) is 16.2 Å². The molecular weight excluding hydrogens is 471 g/mol. The highest BCUT2D eigenvalue weighted by Crippen LogP contribution is 2.29. The minimum atomic E-state index is -0.547. The predicted molar refractivity (Wildman–Crippen MR) is 134 cm³/mol. The number of ether oxygens (including phenoxy) is 1. The third-order valence-electron chi connectivity index (χ3n) is 5.92. The molecule has 4 rings (SSSR count). The molecule has 2 heterocycles. The molecule has 0 radical (unpaired) electrons. The number of benzene rings is 1. The van der Waals surface area contributed by atoms with Crippen molar-refractivity contribution in [1.29, 1.82) is 0 Å². The van der Waals surface area contributed by atoms with E-state index in [1.165, 1.54) is 24.4 Å². The minimum Gasteiger partial charge on any atom is -0.438 e. The lowest BCUT2D eigenvalue weighted by molar-refractivity contribution is 0.0944. The normalized spacial score (nSPS) is 17.2. The van der Waals surface area contributed by atoms with Gasteiger partial charge in [0.05, 0.1) is 5.02 Å². The summed E-state index contributed by atoms with van der Waals surface area (Å²) in [6.07, 6.45) is 6.21. The maximum Gasteiger partial charge on any atom is 0.256 e. The van der Waals surface area contributed by atoms with Gasteiger partial charge in [-0.15, -0.1) is 0 Å². The monoisotopic (exact) mass is 498 g/mol. The third kappa shape index (κ3) is 6.16. The molecule has 184 valence electrons. The van der Waals surface area contributed by atoms with Crippen molar-refractivity contribution >= 4 is 29.3 Å². The summed E-state index contributed by atoms with van der Waals surface area (Å²) in [5, 5.41) is 6.35. The Balaban J connectivity index is 1.33. The average molecular weight is 499 g/mol. The van der Waals surface area contributed by atoms with Crippen LogP contribution in [-0.2, 0) is 0 Å². The molecule has 8 nitrogen and oxygen atoms in total. The summed E-state index contributed by atoms with van der Waals surface area (Å²) in [5.41, 5.74) is 1.32. The summed E-state index contributed by atoms with van der Waals surface area (Å²) < 4.78 is 19.1. The lowest BCUT2D eigenvalue weighted by Gasteiger charge is -2.18. The van der Waals surface area contributed by atoms with Gasteiger partial charge in [-0.25, -0.2) is 14.4 Å². The van der Waals surface area contributed by atoms with E-state index in [1.54, 1.807) is 12.1 Å². The molecular formula is C25H28ClFN6O2. The molecule has 2 atom stereocenters. The summed E-state index contributed by atoms with van der Waals surface area (Å²) in [6.45, 7) is 2.52. The van der Waals surface area contributed by atoms with E-state index in [2.05, 4.69) is 25.6 Å². The van der Waals surface area contributed by atoms with Crippen LogP contribution in [-0.4, -0.2) is 47.5 Å². The molecule has 2 N–H and O–H groups in total. The summed E-state index contributed by atoms with van der Waals surface area (Å²) >= 11 is 5.83. The summed E-state index contributed by atoms with van der Waals surface area (Å²) in [4.78, 5) is 28.0. The van der Waals surface area contributed by atoms with Crippen LogP contribution >= 0.6 is 11.6 Å². The number of aryl methyl sites for hydroxylation is 1. The fraction of sp³-hybridized carbons (Fsp3) is 0.360. The fourth-order valence-electron chi connectivity index (χ4n) is 4.16. The van der Waals surface area contributed by atoms with Crippen molar-refractivity contribution in [2.45, 2.75) is 32.2 Å². The van der Waals surface area contributed by atoms with Crippen LogP contribution in [0.3, 0.4) is 0 Å². The largest absolute Gasteiger partial charge is 0.438 e. The van der Waals surface area contributed by atoms with Crippen molar-refractivity contribution in [2.24, 2.45) is 5.92 Å². The van der Waals surface area contributed by atoms with E-state index in [0.717, 1.165) is 30.6 Å². The highest BCUT2D eigenvalue weighted by molar-refractivity contribution is 6.30. The van der Waals surface area contributed by atoms with E-state index in [0.29, 0.717) is 29.7 Å². The van der Waals surface area contributed by atoms with Crippen molar-refractivity contribution < 1.29 is 13.9 Å². The molecule has 1 aromatic carbocycles. The van der Waals surface area contributed by atoms with Gasteiger partial charge in [-0.1, -0.05) is 11.6 Å². The van der Waals surface area contributed by atoms with Gasteiger partial charge in [0.2, 0.25) is 11.8 Å². The Morgan fingerprint density at radius 2 is 2.09 bits per heavy atom. The van der Waals surface area contributed by atoms with Crippen molar-refractivity contribution in [3.8, 4) is 11.6 Å². The summed E-state index contributed by atoms with van der Waals surface area (Å²) in [6, 6.07) is 7.53. The van der Waals surface area contributed by atoms with Crippen molar-refractivity contribution in [3.05, 3.63) is 64.7 Å². The molecule has 0 bridgehead atoms. The van der Waals surface area contributed by atoms with Gasteiger partial charge in [0.25, 0.3) is 5.91 Å². The number of carbonyl (C=O) groups is 1. The molecule has 35 heavy (non-hydrogen) atoms.